The lowest BCUT2D eigenvalue weighted by Crippen LogP contribution is -2.03. The number of carbonyl (C=O) groups excluding carboxylic acids is 1. The van der Waals surface area contributed by atoms with Gasteiger partial charge in [-0.2, -0.15) is 0 Å². The van der Waals surface area contributed by atoms with Crippen molar-refractivity contribution in [3.63, 3.8) is 0 Å². The molecule has 68 valence electrons. The van der Waals surface area contributed by atoms with Gasteiger partial charge in [-0.25, -0.2) is 4.39 Å². The van der Waals surface area contributed by atoms with Gasteiger partial charge in [0.05, 0.1) is 5.56 Å². The summed E-state index contributed by atoms with van der Waals surface area (Å²) in [7, 11) is 0. The van der Waals surface area contributed by atoms with Crippen LogP contribution in [0.3, 0.4) is 0 Å². The third kappa shape index (κ3) is 1.48. The largest absolute Gasteiger partial charge is 0.294 e. The van der Waals surface area contributed by atoms with E-state index in [-0.39, 0.29) is 11.6 Å². The van der Waals surface area contributed by atoms with Crippen LogP contribution < -0.4 is 0 Å². The zero-order chi connectivity index (χ0) is 9.26. The summed E-state index contributed by atoms with van der Waals surface area (Å²) in [6, 6.07) is 4.89. The fraction of sp³-hybridized carbons (Fsp3) is 0.364. The number of rotatable bonds is 0. The van der Waals surface area contributed by atoms with E-state index in [0.29, 0.717) is 12.0 Å². The summed E-state index contributed by atoms with van der Waals surface area (Å²) < 4.78 is 13.3. The number of aryl methyl sites for hydroxylation is 1. The molecule has 0 unspecified atom stereocenters. The Morgan fingerprint density at radius 1 is 1.15 bits per heavy atom. The van der Waals surface area contributed by atoms with Crippen LogP contribution in [0.1, 0.15) is 35.2 Å². The number of Topliss-reactive ketones (excluding diaryl/α,β-unsaturated/α-hetero) is 1. The smallest absolute Gasteiger partial charge is 0.166 e. The Hall–Kier alpha value is -1.18. The van der Waals surface area contributed by atoms with Gasteiger partial charge in [-0.1, -0.05) is 12.1 Å². The highest BCUT2D eigenvalue weighted by Gasteiger charge is 2.18. The summed E-state index contributed by atoms with van der Waals surface area (Å²) >= 11 is 0. The minimum atomic E-state index is -0.357. The Labute approximate surface area is 76.6 Å². The van der Waals surface area contributed by atoms with E-state index < -0.39 is 0 Å². The SMILES string of the molecule is O=C1CCCCc2cccc(F)c21. The first-order valence-corrected chi connectivity index (χ1v) is 4.59. The van der Waals surface area contributed by atoms with Crippen LogP contribution in [0.5, 0.6) is 0 Å². The Morgan fingerprint density at radius 3 is 2.77 bits per heavy atom. The minimum Gasteiger partial charge on any atom is -0.294 e. The van der Waals surface area contributed by atoms with Crippen molar-refractivity contribution < 1.29 is 9.18 Å². The van der Waals surface area contributed by atoms with E-state index in [0.717, 1.165) is 24.8 Å². The summed E-state index contributed by atoms with van der Waals surface area (Å²) in [6.45, 7) is 0. The van der Waals surface area contributed by atoms with E-state index in [2.05, 4.69) is 0 Å². The molecule has 0 saturated carbocycles. The van der Waals surface area contributed by atoms with Gasteiger partial charge in [0.1, 0.15) is 5.82 Å². The summed E-state index contributed by atoms with van der Waals surface area (Å²) in [6.07, 6.45) is 3.20. The molecule has 0 radical (unpaired) electrons. The fourth-order valence-electron chi connectivity index (χ4n) is 1.82. The Kier molecular flexibility index (Phi) is 2.13. The number of carbonyl (C=O) groups is 1. The van der Waals surface area contributed by atoms with Crippen molar-refractivity contribution in [2.75, 3.05) is 0 Å². The highest BCUT2D eigenvalue weighted by Crippen LogP contribution is 2.22. The van der Waals surface area contributed by atoms with Crippen LogP contribution >= 0.6 is 0 Å². The van der Waals surface area contributed by atoms with Gasteiger partial charge in [0.2, 0.25) is 0 Å². The molecular weight excluding hydrogens is 167 g/mol. The molecule has 0 heterocycles. The van der Waals surface area contributed by atoms with Crippen molar-refractivity contribution >= 4 is 5.78 Å². The van der Waals surface area contributed by atoms with Crippen molar-refractivity contribution in [2.45, 2.75) is 25.7 Å². The molecular formula is C11H11FO. The molecule has 0 aromatic heterocycles. The molecule has 1 nitrogen and oxygen atoms in total. The minimum absolute atomic E-state index is 0.0365. The molecule has 2 rings (SSSR count). The van der Waals surface area contributed by atoms with Gasteiger partial charge in [-0.3, -0.25) is 4.79 Å². The maximum absolute atomic E-state index is 13.3. The first kappa shape index (κ1) is 8.42. The zero-order valence-corrected chi connectivity index (χ0v) is 7.35. The van der Waals surface area contributed by atoms with Gasteiger partial charge in [0.25, 0.3) is 0 Å². The average molecular weight is 178 g/mol. The van der Waals surface area contributed by atoms with Crippen molar-refractivity contribution in [3.05, 3.63) is 35.1 Å². The third-order valence-electron chi connectivity index (χ3n) is 2.48. The van der Waals surface area contributed by atoms with E-state index in [9.17, 15) is 9.18 Å². The third-order valence-corrected chi connectivity index (χ3v) is 2.48. The molecule has 1 aromatic rings. The maximum Gasteiger partial charge on any atom is 0.166 e. The van der Waals surface area contributed by atoms with Crippen molar-refractivity contribution in [3.8, 4) is 0 Å². The summed E-state index contributed by atoms with van der Waals surface area (Å²) in [4.78, 5) is 11.5. The van der Waals surface area contributed by atoms with Gasteiger partial charge in [-0.15, -0.1) is 0 Å². The molecule has 0 atom stereocenters. The molecule has 1 aromatic carbocycles. The monoisotopic (exact) mass is 178 g/mol. The van der Waals surface area contributed by atoms with Crippen LogP contribution in [0, 0.1) is 5.82 Å². The number of benzene rings is 1. The van der Waals surface area contributed by atoms with Gasteiger partial charge < -0.3 is 0 Å². The highest BCUT2D eigenvalue weighted by atomic mass is 19.1. The first-order chi connectivity index (χ1) is 6.29. The second kappa shape index (κ2) is 3.29. The van der Waals surface area contributed by atoms with E-state index in [1.807, 2.05) is 6.07 Å². The topological polar surface area (TPSA) is 17.1 Å². The molecule has 1 aliphatic rings. The van der Waals surface area contributed by atoms with E-state index in [1.165, 1.54) is 6.07 Å². The quantitative estimate of drug-likeness (QED) is 0.558. The number of ketones is 1. The fourth-order valence-corrected chi connectivity index (χ4v) is 1.82. The highest BCUT2D eigenvalue weighted by molar-refractivity contribution is 5.98. The Bertz CT molecular complexity index is 344. The lowest BCUT2D eigenvalue weighted by Gasteiger charge is -2.04. The lowest BCUT2D eigenvalue weighted by atomic mass is 10.0. The van der Waals surface area contributed by atoms with Gasteiger partial charge in [0, 0.05) is 6.42 Å². The summed E-state index contributed by atoms with van der Waals surface area (Å²) in [5.74, 6) is -0.394. The van der Waals surface area contributed by atoms with Crippen LogP contribution in [-0.4, -0.2) is 5.78 Å². The summed E-state index contributed by atoms with van der Waals surface area (Å²) in [5.41, 5.74) is 1.21. The van der Waals surface area contributed by atoms with Crippen LogP contribution in [0.2, 0.25) is 0 Å². The van der Waals surface area contributed by atoms with Gasteiger partial charge in [0.15, 0.2) is 5.78 Å². The number of halogens is 1. The average Bonchev–Trinajstić information content (AvgIpc) is 2.29. The van der Waals surface area contributed by atoms with Crippen molar-refractivity contribution in [1.82, 2.24) is 0 Å². The Morgan fingerprint density at radius 2 is 1.92 bits per heavy atom. The standard InChI is InChI=1S/C11H11FO/c12-9-6-3-5-8-4-1-2-7-10(13)11(8)9/h3,5-6H,1-2,4,7H2. The Balaban J connectivity index is 2.55. The molecule has 0 N–H and O–H groups in total. The molecule has 0 bridgehead atoms. The molecule has 0 amide bonds. The predicted octanol–water partition coefficient (Wildman–Crippen LogP) is 2.73. The van der Waals surface area contributed by atoms with Crippen LogP contribution in [0.15, 0.2) is 18.2 Å². The number of fused-ring (bicyclic) bond motifs is 1. The van der Waals surface area contributed by atoms with Gasteiger partial charge >= 0.3 is 0 Å². The van der Waals surface area contributed by atoms with Crippen molar-refractivity contribution in [2.24, 2.45) is 0 Å². The normalized spacial score (nSPS) is 16.5. The lowest BCUT2D eigenvalue weighted by molar-refractivity contribution is 0.0978. The van der Waals surface area contributed by atoms with Crippen molar-refractivity contribution in [1.29, 1.82) is 0 Å². The predicted molar refractivity (Wildman–Crippen MR) is 48.3 cm³/mol. The maximum atomic E-state index is 13.3. The van der Waals surface area contributed by atoms with E-state index >= 15 is 0 Å². The zero-order valence-electron chi connectivity index (χ0n) is 7.35. The molecule has 0 saturated heterocycles. The second-order valence-electron chi connectivity index (χ2n) is 3.40. The number of hydrogen-bond acceptors (Lipinski definition) is 1. The first-order valence-electron chi connectivity index (χ1n) is 4.59. The molecule has 13 heavy (non-hydrogen) atoms. The summed E-state index contributed by atoms with van der Waals surface area (Å²) in [5, 5.41) is 0. The van der Waals surface area contributed by atoms with Crippen LogP contribution in [0.25, 0.3) is 0 Å². The van der Waals surface area contributed by atoms with E-state index in [4.69, 9.17) is 0 Å². The number of hydrogen-bond donors (Lipinski definition) is 0. The molecule has 0 fully saturated rings. The molecule has 2 heteroatoms. The van der Waals surface area contributed by atoms with Gasteiger partial charge in [-0.05, 0) is 30.9 Å². The van der Waals surface area contributed by atoms with E-state index in [1.54, 1.807) is 6.07 Å². The molecule has 0 spiro atoms. The molecule has 1 aliphatic carbocycles. The van der Waals surface area contributed by atoms with Crippen LogP contribution in [0.4, 0.5) is 4.39 Å². The van der Waals surface area contributed by atoms with Crippen LogP contribution in [-0.2, 0) is 6.42 Å². The second-order valence-corrected chi connectivity index (χ2v) is 3.40. The molecule has 0 aliphatic heterocycles.